The summed E-state index contributed by atoms with van der Waals surface area (Å²) in [7, 11) is 0. The fourth-order valence-electron chi connectivity index (χ4n) is 3.68. The summed E-state index contributed by atoms with van der Waals surface area (Å²) < 4.78 is 28.2. The number of hydrogen-bond acceptors (Lipinski definition) is 1. The molecule has 1 heterocycles. The fourth-order valence-corrected chi connectivity index (χ4v) is 3.68. The van der Waals surface area contributed by atoms with Gasteiger partial charge in [0.05, 0.1) is 0 Å². The maximum Gasteiger partial charge on any atom is 0.149 e. The molecule has 0 saturated carbocycles. The molecule has 0 aromatic heterocycles. The third-order valence-corrected chi connectivity index (χ3v) is 5.01. The van der Waals surface area contributed by atoms with Crippen molar-refractivity contribution in [1.82, 2.24) is 0 Å². The van der Waals surface area contributed by atoms with Crippen molar-refractivity contribution >= 4 is 5.69 Å². The van der Waals surface area contributed by atoms with Gasteiger partial charge in [-0.05, 0) is 68.2 Å². The lowest BCUT2D eigenvalue weighted by molar-refractivity contribution is 0.369. The van der Waals surface area contributed by atoms with Gasteiger partial charge >= 0.3 is 0 Å². The minimum absolute atomic E-state index is 0.156. The molecule has 0 atom stereocenters. The lowest BCUT2D eigenvalue weighted by Gasteiger charge is -2.34. The molecule has 0 unspecified atom stereocenters. The molecule has 1 nitrogen and oxygen atoms in total. The summed E-state index contributed by atoms with van der Waals surface area (Å²) in [6.45, 7) is 3.20. The van der Waals surface area contributed by atoms with Crippen LogP contribution in [0.2, 0.25) is 0 Å². The number of rotatable bonds is 5. The molecule has 2 aromatic rings. The third-order valence-electron chi connectivity index (χ3n) is 5.01. The number of benzene rings is 2. The first kappa shape index (κ1) is 16.9. The van der Waals surface area contributed by atoms with E-state index in [1.54, 1.807) is 6.92 Å². The minimum atomic E-state index is -0.435. The van der Waals surface area contributed by atoms with Crippen molar-refractivity contribution in [2.45, 2.75) is 39.0 Å². The molecule has 128 valence electrons. The van der Waals surface area contributed by atoms with Gasteiger partial charge in [0, 0.05) is 13.1 Å². The Morgan fingerprint density at radius 1 is 1.00 bits per heavy atom. The standard InChI is InChI=1S/C21H25F2N/c1-16-14-19(22)21(20(23)15-16)24-12-10-18(11-13-24)9-5-8-17-6-3-2-4-7-17/h2-4,6-7,14-15,18H,5,8-13H2,1H3. The lowest BCUT2D eigenvalue weighted by atomic mass is 9.90. The predicted octanol–water partition coefficient (Wildman–Crippen LogP) is 5.51. The number of nitrogens with zero attached hydrogens (tertiary/aromatic N) is 1. The zero-order valence-electron chi connectivity index (χ0n) is 14.3. The number of anilines is 1. The molecular weight excluding hydrogens is 304 g/mol. The van der Waals surface area contributed by atoms with E-state index < -0.39 is 11.6 Å². The minimum Gasteiger partial charge on any atom is -0.367 e. The highest BCUT2D eigenvalue weighted by Crippen LogP contribution is 2.30. The SMILES string of the molecule is Cc1cc(F)c(N2CCC(CCCc3ccccc3)CC2)c(F)c1. The van der Waals surface area contributed by atoms with Crippen molar-refractivity contribution in [3.8, 4) is 0 Å². The second kappa shape index (κ2) is 7.78. The van der Waals surface area contributed by atoms with Crippen molar-refractivity contribution in [1.29, 1.82) is 0 Å². The van der Waals surface area contributed by atoms with E-state index in [4.69, 9.17) is 0 Å². The van der Waals surface area contributed by atoms with Crippen LogP contribution in [0.5, 0.6) is 0 Å². The van der Waals surface area contributed by atoms with Crippen LogP contribution < -0.4 is 4.90 Å². The predicted molar refractivity (Wildman–Crippen MR) is 95.4 cm³/mol. The highest BCUT2D eigenvalue weighted by atomic mass is 19.1. The second-order valence-corrected chi connectivity index (χ2v) is 6.89. The number of halogens is 2. The Morgan fingerprint density at radius 2 is 1.62 bits per heavy atom. The van der Waals surface area contributed by atoms with Crippen molar-refractivity contribution in [3.05, 3.63) is 65.2 Å². The van der Waals surface area contributed by atoms with Gasteiger partial charge in [-0.3, -0.25) is 0 Å². The fraction of sp³-hybridized carbons (Fsp3) is 0.429. The van der Waals surface area contributed by atoms with Crippen molar-refractivity contribution in [3.63, 3.8) is 0 Å². The quantitative estimate of drug-likeness (QED) is 0.699. The van der Waals surface area contributed by atoms with Gasteiger partial charge in [0.25, 0.3) is 0 Å². The maximum atomic E-state index is 14.1. The van der Waals surface area contributed by atoms with Crippen molar-refractivity contribution in [2.75, 3.05) is 18.0 Å². The molecule has 2 aromatic carbocycles. The molecule has 0 spiro atoms. The second-order valence-electron chi connectivity index (χ2n) is 6.89. The Morgan fingerprint density at radius 3 is 2.25 bits per heavy atom. The molecule has 0 aliphatic carbocycles. The van der Waals surface area contributed by atoms with Gasteiger partial charge in [-0.15, -0.1) is 0 Å². The summed E-state index contributed by atoms with van der Waals surface area (Å²) in [6, 6.07) is 13.4. The van der Waals surface area contributed by atoms with Crippen LogP contribution in [-0.2, 0) is 6.42 Å². The number of piperidine rings is 1. The normalized spacial score (nSPS) is 15.7. The molecule has 1 fully saturated rings. The molecule has 0 amide bonds. The van der Waals surface area contributed by atoms with Crippen LogP contribution in [0.25, 0.3) is 0 Å². The number of hydrogen-bond donors (Lipinski definition) is 0. The van der Waals surface area contributed by atoms with E-state index >= 15 is 0 Å². The molecule has 3 heteroatoms. The van der Waals surface area contributed by atoms with Gasteiger partial charge in [0.1, 0.15) is 17.3 Å². The zero-order valence-corrected chi connectivity index (χ0v) is 14.3. The topological polar surface area (TPSA) is 3.24 Å². The van der Waals surface area contributed by atoms with E-state index in [0.717, 1.165) is 32.4 Å². The summed E-state index contributed by atoms with van der Waals surface area (Å²) in [5.41, 5.74) is 2.17. The summed E-state index contributed by atoms with van der Waals surface area (Å²) in [6.07, 6.45) is 5.52. The monoisotopic (exact) mass is 329 g/mol. The average Bonchev–Trinajstić information content (AvgIpc) is 2.56. The molecular formula is C21H25F2N. The molecule has 3 rings (SSSR count). The molecule has 24 heavy (non-hydrogen) atoms. The summed E-state index contributed by atoms with van der Waals surface area (Å²) in [4.78, 5) is 1.87. The average molecular weight is 329 g/mol. The van der Waals surface area contributed by atoms with Crippen LogP contribution in [0, 0.1) is 24.5 Å². The molecule has 1 aliphatic rings. The van der Waals surface area contributed by atoms with Gasteiger partial charge < -0.3 is 4.90 Å². The first-order valence-electron chi connectivity index (χ1n) is 8.88. The van der Waals surface area contributed by atoms with E-state index in [1.165, 1.54) is 30.5 Å². The zero-order chi connectivity index (χ0) is 16.9. The Bertz CT molecular complexity index is 638. The van der Waals surface area contributed by atoms with Crippen LogP contribution in [-0.4, -0.2) is 13.1 Å². The van der Waals surface area contributed by atoms with Gasteiger partial charge in [-0.25, -0.2) is 8.78 Å². The van der Waals surface area contributed by atoms with Crippen molar-refractivity contribution < 1.29 is 8.78 Å². The Hall–Kier alpha value is -1.90. The van der Waals surface area contributed by atoms with Crippen LogP contribution in [0.4, 0.5) is 14.5 Å². The Kier molecular flexibility index (Phi) is 5.49. The van der Waals surface area contributed by atoms with Gasteiger partial charge in [0.2, 0.25) is 0 Å². The molecule has 0 radical (unpaired) electrons. The first-order chi connectivity index (χ1) is 11.6. The van der Waals surface area contributed by atoms with E-state index in [1.807, 2.05) is 11.0 Å². The highest BCUT2D eigenvalue weighted by Gasteiger charge is 2.23. The van der Waals surface area contributed by atoms with Gasteiger partial charge in [-0.2, -0.15) is 0 Å². The Labute approximate surface area is 143 Å². The first-order valence-corrected chi connectivity index (χ1v) is 8.88. The highest BCUT2D eigenvalue weighted by molar-refractivity contribution is 5.50. The van der Waals surface area contributed by atoms with Crippen molar-refractivity contribution in [2.24, 2.45) is 5.92 Å². The van der Waals surface area contributed by atoms with E-state index in [-0.39, 0.29) is 5.69 Å². The van der Waals surface area contributed by atoms with E-state index in [0.29, 0.717) is 11.5 Å². The van der Waals surface area contributed by atoms with E-state index in [9.17, 15) is 8.78 Å². The third kappa shape index (κ3) is 4.14. The van der Waals surface area contributed by atoms with Gasteiger partial charge in [-0.1, -0.05) is 30.3 Å². The number of aryl methyl sites for hydroxylation is 2. The Balaban J connectivity index is 1.49. The summed E-state index contributed by atoms with van der Waals surface area (Å²) in [5.74, 6) is -0.202. The summed E-state index contributed by atoms with van der Waals surface area (Å²) in [5, 5.41) is 0. The lowest BCUT2D eigenvalue weighted by Crippen LogP contribution is -2.35. The van der Waals surface area contributed by atoms with Crippen LogP contribution in [0.3, 0.4) is 0 Å². The molecule has 1 saturated heterocycles. The van der Waals surface area contributed by atoms with Crippen LogP contribution in [0.1, 0.15) is 36.8 Å². The van der Waals surface area contributed by atoms with Crippen LogP contribution in [0.15, 0.2) is 42.5 Å². The van der Waals surface area contributed by atoms with E-state index in [2.05, 4.69) is 24.3 Å². The van der Waals surface area contributed by atoms with Gasteiger partial charge in [0.15, 0.2) is 0 Å². The smallest absolute Gasteiger partial charge is 0.149 e. The molecule has 0 N–H and O–H groups in total. The van der Waals surface area contributed by atoms with Crippen LogP contribution >= 0.6 is 0 Å². The molecule has 1 aliphatic heterocycles. The largest absolute Gasteiger partial charge is 0.367 e. The molecule has 0 bridgehead atoms. The maximum absolute atomic E-state index is 14.1. The summed E-state index contributed by atoms with van der Waals surface area (Å²) >= 11 is 0.